The number of ether oxygens (including phenoxy) is 1. The van der Waals surface area contributed by atoms with Crippen molar-refractivity contribution in [2.75, 3.05) is 42.3 Å². The number of anilines is 2. The molecule has 9 heteroatoms. The molecular weight excluding hydrogens is 386 g/mol. The number of thioether (sulfide) groups is 1. The number of halogens is 1. The Morgan fingerprint density at radius 3 is 2.85 bits per heavy atom. The van der Waals surface area contributed by atoms with Crippen molar-refractivity contribution in [2.24, 2.45) is 0 Å². The summed E-state index contributed by atoms with van der Waals surface area (Å²) in [6, 6.07) is 5.91. The molecule has 1 aliphatic heterocycles. The largest absolute Gasteiger partial charge is 0.378 e. The number of nitrogens with one attached hydrogen (secondary N) is 1. The van der Waals surface area contributed by atoms with Crippen LogP contribution in [0.4, 0.5) is 11.6 Å². The molecule has 27 heavy (non-hydrogen) atoms. The Morgan fingerprint density at radius 2 is 2.11 bits per heavy atom. The highest BCUT2D eigenvalue weighted by molar-refractivity contribution is 7.99. The van der Waals surface area contributed by atoms with E-state index >= 15 is 0 Å². The Morgan fingerprint density at radius 1 is 1.33 bits per heavy atom. The van der Waals surface area contributed by atoms with Gasteiger partial charge in [-0.15, -0.1) is 10.2 Å². The third-order valence-electron chi connectivity index (χ3n) is 4.66. The number of rotatable bonds is 6. The zero-order valence-corrected chi connectivity index (χ0v) is 16.7. The van der Waals surface area contributed by atoms with E-state index < -0.39 is 0 Å². The van der Waals surface area contributed by atoms with E-state index in [0.717, 1.165) is 48.3 Å². The predicted octanol–water partition coefficient (Wildman–Crippen LogP) is 3.14. The zero-order valence-electron chi connectivity index (χ0n) is 15.2. The molecule has 2 fully saturated rings. The maximum Gasteiger partial charge on any atom is 0.234 e. The number of amides is 1. The van der Waals surface area contributed by atoms with E-state index in [1.54, 1.807) is 6.07 Å². The van der Waals surface area contributed by atoms with Gasteiger partial charge in [-0.1, -0.05) is 29.4 Å². The van der Waals surface area contributed by atoms with Crippen molar-refractivity contribution in [3.05, 3.63) is 28.8 Å². The molecule has 1 aromatic carbocycles. The number of carbonyl (C=O) groups excluding carboxylic acids is 1. The summed E-state index contributed by atoms with van der Waals surface area (Å²) in [5.74, 6) is 1.10. The summed E-state index contributed by atoms with van der Waals surface area (Å²) in [6.07, 6.45) is 2.27. The highest BCUT2D eigenvalue weighted by Crippen LogP contribution is 2.41. The van der Waals surface area contributed by atoms with Crippen molar-refractivity contribution >= 4 is 40.9 Å². The van der Waals surface area contributed by atoms with Crippen LogP contribution < -0.4 is 10.2 Å². The Kier molecular flexibility index (Phi) is 5.56. The third-order valence-corrected chi connectivity index (χ3v) is 5.84. The summed E-state index contributed by atoms with van der Waals surface area (Å²) in [7, 11) is 0. The van der Waals surface area contributed by atoms with Crippen LogP contribution in [0.1, 0.15) is 24.4 Å². The van der Waals surface area contributed by atoms with E-state index in [4.69, 9.17) is 16.3 Å². The Labute approximate surface area is 167 Å². The van der Waals surface area contributed by atoms with Gasteiger partial charge in [0.05, 0.1) is 19.0 Å². The van der Waals surface area contributed by atoms with Gasteiger partial charge >= 0.3 is 0 Å². The van der Waals surface area contributed by atoms with Crippen molar-refractivity contribution in [2.45, 2.75) is 31.0 Å². The van der Waals surface area contributed by atoms with Gasteiger partial charge in [0.25, 0.3) is 0 Å². The maximum absolute atomic E-state index is 12.4. The van der Waals surface area contributed by atoms with Gasteiger partial charge in [-0.05, 0) is 37.5 Å². The number of nitrogens with zero attached hydrogens (tertiary/aromatic N) is 4. The lowest BCUT2D eigenvalue weighted by molar-refractivity contribution is -0.113. The summed E-state index contributed by atoms with van der Waals surface area (Å²) in [5, 5.41) is 13.1. The fraction of sp³-hybridized carbons (Fsp3) is 0.500. The van der Waals surface area contributed by atoms with Crippen molar-refractivity contribution in [3.63, 3.8) is 0 Å². The number of morpholine rings is 1. The van der Waals surface area contributed by atoms with E-state index in [9.17, 15) is 4.79 Å². The van der Waals surface area contributed by atoms with E-state index in [2.05, 4.69) is 25.0 Å². The molecule has 4 rings (SSSR count). The second-order valence-corrected chi connectivity index (χ2v) is 8.16. The Bertz CT molecular complexity index is 833. The molecule has 1 N–H and O–H groups in total. The van der Waals surface area contributed by atoms with Crippen LogP contribution in [0.15, 0.2) is 23.4 Å². The third kappa shape index (κ3) is 4.39. The van der Waals surface area contributed by atoms with Gasteiger partial charge in [0, 0.05) is 29.8 Å². The second-order valence-electron chi connectivity index (χ2n) is 6.78. The van der Waals surface area contributed by atoms with Gasteiger partial charge in [-0.25, -0.2) is 0 Å². The standard InChI is InChI=1S/C18H22ClN5O2S/c1-12-2-3-13(19)10-15(12)20-16(25)11-27-18-22-21-17(24(18)14-4-5-14)23-6-8-26-9-7-23/h2-3,10,14H,4-9,11H2,1H3,(H,20,25). The van der Waals surface area contributed by atoms with E-state index in [-0.39, 0.29) is 11.7 Å². The number of carbonyl (C=O) groups is 1. The Balaban J connectivity index is 1.42. The van der Waals surface area contributed by atoms with E-state index in [0.29, 0.717) is 24.3 Å². The van der Waals surface area contributed by atoms with Gasteiger partial charge in [0.1, 0.15) is 0 Å². The molecule has 0 spiro atoms. The molecule has 0 radical (unpaired) electrons. The minimum absolute atomic E-state index is 0.0800. The average Bonchev–Trinajstić information content (AvgIpc) is 3.43. The Hall–Kier alpha value is -1.77. The van der Waals surface area contributed by atoms with Gasteiger partial charge < -0.3 is 15.0 Å². The van der Waals surface area contributed by atoms with Gasteiger partial charge in [0.2, 0.25) is 11.9 Å². The fourth-order valence-corrected chi connectivity index (χ4v) is 4.02. The van der Waals surface area contributed by atoms with Crippen molar-refractivity contribution in [1.29, 1.82) is 0 Å². The molecule has 0 bridgehead atoms. The maximum atomic E-state index is 12.4. The van der Waals surface area contributed by atoms with Crippen LogP contribution >= 0.6 is 23.4 Å². The summed E-state index contributed by atoms with van der Waals surface area (Å²) in [6.45, 7) is 5.01. The van der Waals surface area contributed by atoms with Crippen molar-refractivity contribution in [1.82, 2.24) is 14.8 Å². The molecule has 7 nitrogen and oxygen atoms in total. The van der Waals surface area contributed by atoms with Crippen LogP contribution in [0.25, 0.3) is 0 Å². The minimum Gasteiger partial charge on any atom is -0.378 e. The topological polar surface area (TPSA) is 72.3 Å². The number of hydrogen-bond acceptors (Lipinski definition) is 6. The van der Waals surface area contributed by atoms with Gasteiger partial charge in [-0.2, -0.15) is 0 Å². The lowest BCUT2D eigenvalue weighted by atomic mass is 10.2. The lowest BCUT2D eigenvalue weighted by Gasteiger charge is -2.27. The number of benzene rings is 1. The van der Waals surface area contributed by atoms with Gasteiger partial charge in [0.15, 0.2) is 5.16 Å². The first kappa shape index (κ1) is 18.6. The van der Waals surface area contributed by atoms with E-state index in [1.165, 1.54) is 11.8 Å². The molecule has 2 heterocycles. The van der Waals surface area contributed by atoms with Crippen LogP contribution in [-0.4, -0.2) is 52.7 Å². The molecule has 2 aliphatic rings. The number of aromatic nitrogens is 3. The summed E-state index contributed by atoms with van der Waals surface area (Å²) in [5.41, 5.74) is 1.72. The van der Waals surface area contributed by atoms with Crippen LogP contribution in [0.2, 0.25) is 5.02 Å². The smallest absolute Gasteiger partial charge is 0.234 e. The SMILES string of the molecule is Cc1ccc(Cl)cc1NC(=O)CSc1nnc(N2CCOCC2)n1C1CC1. The fourth-order valence-electron chi connectivity index (χ4n) is 3.04. The van der Waals surface area contributed by atoms with Crippen LogP contribution in [0, 0.1) is 6.92 Å². The normalized spacial score (nSPS) is 17.2. The quantitative estimate of drug-likeness (QED) is 0.741. The van der Waals surface area contributed by atoms with Crippen molar-refractivity contribution in [3.8, 4) is 0 Å². The molecule has 2 aromatic rings. The summed E-state index contributed by atoms with van der Waals surface area (Å²) < 4.78 is 7.62. The first-order valence-electron chi connectivity index (χ1n) is 9.08. The lowest BCUT2D eigenvalue weighted by Crippen LogP contribution is -2.38. The molecule has 1 aromatic heterocycles. The number of hydrogen-bond donors (Lipinski definition) is 1. The molecule has 144 valence electrons. The van der Waals surface area contributed by atoms with Crippen LogP contribution in [-0.2, 0) is 9.53 Å². The molecular formula is C18H22ClN5O2S. The molecule has 0 atom stereocenters. The van der Waals surface area contributed by atoms with Crippen LogP contribution in [0.3, 0.4) is 0 Å². The van der Waals surface area contributed by atoms with Crippen molar-refractivity contribution < 1.29 is 9.53 Å². The molecule has 1 amide bonds. The highest BCUT2D eigenvalue weighted by Gasteiger charge is 2.32. The monoisotopic (exact) mass is 407 g/mol. The molecule has 1 saturated carbocycles. The predicted molar refractivity (Wildman–Crippen MR) is 107 cm³/mol. The highest BCUT2D eigenvalue weighted by atomic mass is 35.5. The minimum atomic E-state index is -0.0800. The first-order chi connectivity index (χ1) is 13.1. The van der Waals surface area contributed by atoms with Crippen LogP contribution in [0.5, 0.6) is 0 Å². The first-order valence-corrected chi connectivity index (χ1v) is 10.4. The second kappa shape index (κ2) is 8.08. The summed E-state index contributed by atoms with van der Waals surface area (Å²) >= 11 is 7.44. The molecule has 0 unspecified atom stereocenters. The van der Waals surface area contributed by atoms with Gasteiger partial charge in [-0.3, -0.25) is 9.36 Å². The average molecular weight is 408 g/mol. The molecule has 1 saturated heterocycles. The molecule has 1 aliphatic carbocycles. The zero-order chi connectivity index (χ0) is 18.8. The summed E-state index contributed by atoms with van der Waals surface area (Å²) in [4.78, 5) is 14.6. The van der Waals surface area contributed by atoms with E-state index in [1.807, 2.05) is 19.1 Å². The number of aryl methyl sites for hydroxylation is 1.